The lowest BCUT2D eigenvalue weighted by Crippen LogP contribution is -2.12. The summed E-state index contributed by atoms with van der Waals surface area (Å²) in [7, 11) is 0. The van der Waals surface area contributed by atoms with Crippen molar-refractivity contribution in [3.8, 4) is 0 Å². The molecule has 0 aliphatic rings. The highest BCUT2D eigenvalue weighted by Crippen LogP contribution is 2.29. The van der Waals surface area contributed by atoms with E-state index in [1.165, 1.54) is 0 Å². The Balaban J connectivity index is 1.82. The predicted octanol–water partition coefficient (Wildman–Crippen LogP) is 2.95. The molecule has 2 aromatic carbocycles. The number of aromatic nitrogens is 4. The van der Waals surface area contributed by atoms with Gasteiger partial charge >= 0.3 is 0 Å². The van der Waals surface area contributed by atoms with Gasteiger partial charge in [-0.05, 0) is 18.2 Å². The molecule has 0 spiro atoms. The maximum absolute atomic E-state index is 12.3. The van der Waals surface area contributed by atoms with Gasteiger partial charge in [-0.25, -0.2) is 0 Å². The van der Waals surface area contributed by atoms with Crippen LogP contribution in [0.5, 0.6) is 0 Å². The Hall–Kier alpha value is -2.45. The van der Waals surface area contributed by atoms with Gasteiger partial charge in [0.1, 0.15) is 22.1 Å². The quantitative estimate of drug-likeness (QED) is 0.615. The lowest BCUT2D eigenvalue weighted by atomic mass is 10.2. The van der Waals surface area contributed by atoms with Gasteiger partial charge in [-0.15, -0.1) is 0 Å². The molecule has 2 heterocycles. The van der Waals surface area contributed by atoms with Gasteiger partial charge in [0.25, 0.3) is 5.91 Å². The first-order chi connectivity index (χ1) is 10.3. The smallest absolute Gasteiger partial charge is 0.255 e. The van der Waals surface area contributed by atoms with Crippen LogP contribution in [-0.2, 0) is 0 Å². The normalized spacial score (nSPS) is 11.0. The third-order valence-electron chi connectivity index (χ3n) is 3.05. The van der Waals surface area contributed by atoms with E-state index in [1.54, 1.807) is 18.2 Å². The van der Waals surface area contributed by atoms with E-state index >= 15 is 0 Å². The second kappa shape index (κ2) is 4.83. The molecule has 0 atom stereocenters. The third-order valence-corrected chi connectivity index (χ3v) is 4.12. The van der Waals surface area contributed by atoms with Gasteiger partial charge in [0.15, 0.2) is 0 Å². The summed E-state index contributed by atoms with van der Waals surface area (Å²) >= 11 is 2.21. The molecule has 1 N–H and O–H groups in total. The Bertz CT molecular complexity index is 947. The molecule has 4 rings (SSSR count). The fourth-order valence-corrected chi connectivity index (χ4v) is 3.15. The first-order valence-electron chi connectivity index (χ1n) is 6.07. The molecule has 0 saturated heterocycles. The number of anilines is 1. The number of hydrogen-bond donors (Lipinski definition) is 1. The summed E-state index contributed by atoms with van der Waals surface area (Å²) in [5, 5.41) is 2.87. The molecule has 0 bridgehead atoms. The van der Waals surface area contributed by atoms with Gasteiger partial charge in [0.05, 0.1) is 29.1 Å². The molecule has 8 heteroatoms. The van der Waals surface area contributed by atoms with Crippen molar-refractivity contribution in [2.45, 2.75) is 0 Å². The number of carbonyl (C=O) groups excluding carboxylic acids is 1. The average molecular weight is 313 g/mol. The minimum Gasteiger partial charge on any atom is -0.320 e. The van der Waals surface area contributed by atoms with Crippen LogP contribution in [0, 0.1) is 0 Å². The molecule has 0 unspecified atom stereocenters. The van der Waals surface area contributed by atoms with Crippen molar-refractivity contribution < 1.29 is 4.79 Å². The van der Waals surface area contributed by atoms with Crippen molar-refractivity contribution >= 4 is 57.1 Å². The summed E-state index contributed by atoms with van der Waals surface area (Å²) in [5.41, 5.74) is 3.95. The second-order valence-electron chi connectivity index (χ2n) is 4.34. The SMILES string of the molecule is O=C(Nc1cc2nsnc2c2nsnc12)c1ccccc1. The first-order valence-corrected chi connectivity index (χ1v) is 7.53. The lowest BCUT2D eigenvalue weighted by Gasteiger charge is -2.05. The molecule has 1 amide bonds. The summed E-state index contributed by atoms with van der Waals surface area (Å²) in [6.07, 6.45) is 0. The highest BCUT2D eigenvalue weighted by atomic mass is 32.1. The zero-order valence-electron chi connectivity index (χ0n) is 10.5. The van der Waals surface area contributed by atoms with E-state index in [-0.39, 0.29) is 5.91 Å². The molecule has 0 radical (unpaired) electrons. The van der Waals surface area contributed by atoms with Crippen molar-refractivity contribution in [3.05, 3.63) is 42.0 Å². The van der Waals surface area contributed by atoms with E-state index in [4.69, 9.17) is 0 Å². The summed E-state index contributed by atoms with van der Waals surface area (Å²) in [4.78, 5) is 12.3. The van der Waals surface area contributed by atoms with Gasteiger partial charge in [-0.2, -0.15) is 17.5 Å². The van der Waals surface area contributed by atoms with Gasteiger partial charge in [0, 0.05) is 5.56 Å². The zero-order chi connectivity index (χ0) is 14.2. The largest absolute Gasteiger partial charge is 0.320 e. The Morgan fingerprint density at radius 1 is 0.905 bits per heavy atom. The van der Waals surface area contributed by atoms with Crippen molar-refractivity contribution in [2.75, 3.05) is 5.32 Å². The standard InChI is InChI=1S/C13H7N5OS2/c19-13(7-4-2-1-3-5-7)14-8-6-9-11(17-20-15-9)12-10(8)16-21-18-12/h1-6H,(H,14,19). The number of benzene rings is 2. The molecule has 0 aliphatic heterocycles. The van der Waals surface area contributed by atoms with Crippen LogP contribution >= 0.6 is 23.5 Å². The highest BCUT2D eigenvalue weighted by molar-refractivity contribution is 7.01. The van der Waals surface area contributed by atoms with Crippen molar-refractivity contribution in [1.82, 2.24) is 17.5 Å². The molecule has 102 valence electrons. The molecule has 0 saturated carbocycles. The van der Waals surface area contributed by atoms with Crippen LogP contribution < -0.4 is 5.32 Å². The van der Waals surface area contributed by atoms with E-state index in [0.29, 0.717) is 27.8 Å². The minimum absolute atomic E-state index is 0.188. The van der Waals surface area contributed by atoms with E-state index in [0.717, 1.165) is 29.0 Å². The summed E-state index contributed by atoms with van der Waals surface area (Å²) < 4.78 is 16.9. The number of nitrogens with one attached hydrogen (secondary N) is 1. The molecular weight excluding hydrogens is 306 g/mol. The molecule has 4 aromatic rings. The Labute approximate surface area is 127 Å². The Morgan fingerprint density at radius 2 is 1.62 bits per heavy atom. The van der Waals surface area contributed by atoms with Crippen molar-refractivity contribution in [1.29, 1.82) is 0 Å². The maximum atomic E-state index is 12.3. The van der Waals surface area contributed by atoms with Crippen LogP contribution in [0.3, 0.4) is 0 Å². The Kier molecular flexibility index (Phi) is 2.83. The summed E-state index contributed by atoms with van der Waals surface area (Å²) in [5.74, 6) is -0.188. The minimum atomic E-state index is -0.188. The zero-order valence-corrected chi connectivity index (χ0v) is 12.1. The lowest BCUT2D eigenvalue weighted by molar-refractivity contribution is 0.102. The van der Waals surface area contributed by atoms with Gasteiger partial charge in [-0.3, -0.25) is 4.79 Å². The topological polar surface area (TPSA) is 80.7 Å². The average Bonchev–Trinajstić information content (AvgIpc) is 3.16. The fraction of sp³-hybridized carbons (Fsp3) is 0. The monoisotopic (exact) mass is 313 g/mol. The number of hydrogen-bond acceptors (Lipinski definition) is 7. The summed E-state index contributed by atoms with van der Waals surface area (Å²) in [6, 6.07) is 10.8. The number of nitrogens with zero attached hydrogens (tertiary/aromatic N) is 4. The molecular formula is C13H7N5OS2. The van der Waals surface area contributed by atoms with Gasteiger partial charge < -0.3 is 5.32 Å². The van der Waals surface area contributed by atoms with Crippen molar-refractivity contribution in [2.24, 2.45) is 0 Å². The van der Waals surface area contributed by atoms with E-state index in [2.05, 4.69) is 22.8 Å². The predicted molar refractivity (Wildman–Crippen MR) is 82.8 cm³/mol. The van der Waals surface area contributed by atoms with Crippen LogP contribution in [-0.4, -0.2) is 23.4 Å². The van der Waals surface area contributed by atoms with Gasteiger partial charge in [-0.1, -0.05) is 18.2 Å². The summed E-state index contributed by atoms with van der Waals surface area (Å²) in [6.45, 7) is 0. The second-order valence-corrected chi connectivity index (χ2v) is 5.39. The number of fused-ring (bicyclic) bond motifs is 3. The van der Waals surface area contributed by atoms with Crippen LogP contribution in [0.1, 0.15) is 10.4 Å². The van der Waals surface area contributed by atoms with E-state index in [9.17, 15) is 4.79 Å². The van der Waals surface area contributed by atoms with Crippen LogP contribution in [0.15, 0.2) is 36.4 Å². The molecule has 0 fully saturated rings. The highest BCUT2D eigenvalue weighted by Gasteiger charge is 2.15. The Morgan fingerprint density at radius 3 is 2.48 bits per heavy atom. The molecule has 0 aliphatic carbocycles. The van der Waals surface area contributed by atoms with E-state index in [1.807, 2.05) is 18.2 Å². The number of amides is 1. The first kappa shape index (κ1) is 12.3. The van der Waals surface area contributed by atoms with Gasteiger partial charge in [0.2, 0.25) is 0 Å². The molecule has 6 nitrogen and oxygen atoms in total. The number of rotatable bonds is 2. The number of carbonyl (C=O) groups is 1. The maximum Gasteiger partial charge on any atom is 0.255 e. The van der Waals surface area contributed by atoms with Crippen molar-refractivity contribution in [3.63, 3.8) is 0 Å². The van der Waals surface area contributed by atoms with E-state index < -0.39 is 0 Å². The van der Waals surface area contributed by atoms with Crippen LogP contribution in [0.2, 0.25) is 0 Å². The van der Waals surface area contributed by atoms with Crippen LogP contribution in [0.4, 0.5) is 5.69 Å². The molecule has 2 aromatic heterocycles. The fourth-order valence-electron chi connectivity index (χ4n) is 2.06. The molecule has 21 heavy (non-hydrogen) atoms. The van der Waals surface area contributed by atoms with Crippen LogP contribution in [0.25, 0.3) is 22.1 Å². The third kappa shape index (κ3) is 2.05.